The predicted octanol–water partition coefficient (Wildman–Crippen LogP) is 0.819. The van der Waals surface area contributed by atoms with Crippen LogP contribution in [-0.2, 0) is 16.1 Å². The standard InChI is InChI=1S/C19H21ClN4O3/c1-24(12-17(25)22-16-9-7-15(20)8-10-16)13-18(26)23-19(27)21-11-14-5-3-2-4-6-14/h2-10H,11-13H2,1H3,(H,22,25)(H2,21,23,26,27)/p+1. The molecule has 0 aliphatic heterocycles. The molecule has 0 saturated carbocycles. The Morgan fingerprint density at radius 1 is 0.926 bits per heavy atom. The Hall–Kier alpha value is -2.90. The summed E-state index contributed by atoms with van der Waals surface area (Å²) in [6, 6.07) is 15.5. The molecule has 2 aromatic carbocycles. The maximum Gasteiger partial charge on any atom is 0.321 e. The number of nitrogens with one attached hydrogen (secondary N) is 4. The largest absolute Gasteiger partial charge is 0.334 e. The van der Waals surface area contributed by atoms with Crippen LogP contribution < -0.4 is 20.9 Å². The Bertz CT molecular complexity index is 781. The van der Waals surface area contributed by atoms with Crippen molar-refractivity contribution >= 4 is 35.1 Å². The fourth-order valence-corrected chi connectivity index (χ4v) is 2.47. The molecule has 0 heterocycles. The Labute approximate surface area is 162 Å². The first-order valence-electron chi connectivity index (χ1n) is 8.40. The van der Waals surface area contributed by atoms with Crippen LogP contribution in [0.25, 0.3) is 0 Å². The number of hydrogen-bond donors (Lipinski definition) is 4. The lowest BCUT2D eigenvalue weighted by atomic mass is 10.2. The smallest absolute Gasteiger partial charge is 0.321 e. The number of likely N-dealkylation sites (N-methyl/N-ethyl adjacent to an activating group) is 1. The van der Waals surface area contributed by atoms with E-state index in [1.54, 1.807) is 31.3 Å². The van der Waals surface area contributed by atoms with Gasteiger partial charge in [0.15, 0.2) is 13.1 Å². The SMILES string of the molecule is C[NH+](CC(=O)NC(=O)NCc1ccccc1)CC(=O)Nc1ccc(Cl)cc1. The van der Waals surface area contributed by atoms with E-state index in [1.165, 1.54) is 0 Å². The highest BCUT2D eigenvalue weighted by molar-refractivity contribution is 6.30. The second-order valence-corrected chi connectivity index (χ2v) is 6.52. The molecular weight excluding hydrogens is 368 g/mol. The maximum atomic E-state index is 12.0. The Balaban J connectivity index is 1.68. The molecule has 142 valence electrons. The van der Waals surface area contributed by atoms with Crippen LogP contribution in [0.1, 0.15) is 5.56 Å². The summed E-state index contributed by atoms with van der Waals surface area (Å²) in [6.45, 7) is 0.403. The van der Waals surface area contributed by atoms with Crippen LogP contribution in [0.4, 0.5) is 10.5 Å². The van der Waals surface area contributed by atoms with Crippen molar-refractivity contribution in [1.29, 1.82) is 0 Å². The molecule has 2 rings (SSSR count). The van der Waals surface area contributed by atoms with Gasteiger partial charge in [-0.1, -0.05) is 41.9 Å². The summed E-state index contributed by atoms with van der Waals surface area (Å²) in [7, 11) is 1.70. The van der Waals surface area contributed by atoms with Crippen LogP contribution in [0.3, 0.4) is 0 Å². The zero-order chi connectivity index (χ0) is 19.6. The van der Waals surface area contributed by atoms with Gasteiger partial charge in [-0.05, 0) is 29.8 Å². The normalized spacial score (nSPS) is 11.3. The average molecular weight is 390 g/mol. The number of carbonyl (C=O) groups is 3. The Morgan fingerprint density at radius 2 is 1.56 bits per heavy atom. The zero-order valence-electron chi connectivity index (χ0n) is 14.9. The van der Waals surface area contributed by atoms with E-state index < -0.39 is 11.9 Å². The summed E-state index contributed by atoms with van der Waals surface area (Å²) in [4.78, 5) is 36.3. The maximum absolute atomic E-state index is 12.0. The minimum atomic E-state index is -0.567. The molecule has 7 nitrogen and oxygen atoms in total. The lowest BCUT2D eigenvalue weighted by molar-refractivity contribution is -0.862. The molecule has 0 fully saturated rings. The quantitative estimate of drug-likeness (QED) is 0.565. The fourth-order valence-electron chi connectivity index (χ4n) is 2.34. The topological polar surface area (TPSA) is 91.7 Å². The summed E-state index contributed by atoms with van der Waals surface area (Å²) in [5.74, 6) is -0.700. The molecule has 8 heteroatoms. The number of halogens is 1. The number of amides is 4. The molecule has 0 aromatic heterocycles. The summed E-state index contributed by atoms with van der Waals surface area (Å²) in [6.07, 6.45) is 0. The number of quaternary nitrogens is 1. The molecule has 0 aliphatic rings. The second-order valence-electron chi connectivity index (χ2n) is 6.08. The first-order chi connectivity index (χ1) is 12.9. The number of hydrogen-bond acceptors (Lipinski definition) is 3. The van der Waals surface area contributed by atoms with E-state index in [0.29, 0.717) is 22.2 Å². The van der Waals surface area contributed by atoms with Gasteiger partial charge in [-0.3, -0.25) is 14.9 Å². The van der Waals surface area contributed by atoms with Crippen molar-refractivity contribution in [3.8, 4) is 0 Å². The molecule has 0 bridgehead atoms. The molecule has 0 spiro atoms. The molecule has 0 saturated heterocycles. The van der Waals surface area contributed by atoms with Crippen LogP contribution in [-0.4, -0.2) is 38.0 Å². The molecule has 4 amide bonds. The van der Waals surface area contributed by atoms with E-state index in [0.717, 1.165) is 5.56 Å². The predicted molar refractivity (Wildman–Crippen MR) is 104 cm³/mol. The highest BCUT2D eigenvalue weighted by atomic mass is 35.5. The van der Waals surface area contributed by atoms with Gasteiger partial charge in [0.2, 0.25) is 0 Å². The van der Waals surface area contributed by atoms with Gasteiger partial charge in [-0.2, -0.15) is 0 Å². The number of urea groups is 1. The van der Waals surface area contributed by atoms with E-state index in [4.69, 9.17) is 11.6 Å². The molecule has 0 aliphatic carbocycles. The number of imide groups is 1. The van der Waals surface area contributed by atoms with Crippen LogP contribution >= 0.6 is 11.6 Å². The molecule has 1 unspecified atom stereocenters. The zero-order valence-corrected chi connectivity index (χ0v) is 15.7. The molecule has 1 atom stereocenters. The first-order valence-corrected chi connectivity index (χ1v) is 8.78. The molecule has 4 N–H and O–H groups in total. The lowest BCUT2D eigenvalue weighted by Gasteiger charge is -2.13. The summed E-state index contributed by atoms with van der Waals surface area (Å²) in [5, 5.41) is 8.17. The molecule has 27 heavy (non-hydrogen) atoms. The number of carbonyl (C=O) groups excluding carboxylic acids is 3. The van der Waals surface area contributed by atoms with E-state index in [2.05, 4.69) is 16.0 Å². The highest BCUT2D eigenvalue weighted by Gasteiger charge is 2.16. The van der Waals surface area contributed by atoms with E-state index in [1.807, 2.05) is 30.3 Å². The fraction of sp³-hybridized carbons (Fsp3) is 0.211. The Kier molecular flexibility index (Phi) is 7.79. The number of rotatable bonds is 7. The van der Waals surface area contributed by atoms with Crippen molar-refractivity contribution in [2.45, 2.75) is 6.54 Å². The molecular formula is C19H22ClN4O3+. The van der Waals surface area contributed by atoms with Crippen molar-refractivity contribution < 1.29 is 19.3 Å². The molecule has 0 radical (unpaired) electrons. The van der Waals surface area contributed by atoms with E-state index in [-0.39, 0.29) is 19.0 Å². The van der Waals surface area contributed by atoms with Gasteiger partial charge in [-0.25, -0.2) is 4.79 Å². The van der Waals surface area contributed by atoms with Gasteiger partial charge in [0.1, 0.15) is 0 Å². The summed E-state index contributed by atoms with van der Waals surface area (Å²) in [5.41, 5.74) is 1.56. The van der Waals surface area contributed by atoms with Crippen LogP contribution in [0.15, 0.2) is 54.6 Å². The van der Waals surface area contributed by atoms with Gasteiger partial charge in [0, 0.05) is 17.3 Å². The van der Waals surface area contributed by atoms with Gasteiger partial charge in [0.25, 0.3) is 11.8 Å². The third-order valence-corrected chi connectivity index (χ3v) is 3.85. The third kappa shape index (κ3) is 7.89. The van der Waals surface area contributed by atoms with Crippen molar-refractivity contribution in [3.63, 3.8) is 0 Å². The van der Waals surface area contributed by atoms with Crippen LogP contribution in [0, 0.1) is 0 Å². The van der Waals surface area contributed by atoms with Crippen molar-refractivity contribution in [3.05, 3.63) is 65.2 Å². The minimum absolute atomic E-state index is 0.00715. The lowest BCUT2D eigenvalue weighted by Crippen LogP contribution is -3.11. The summed E-state index contributed by atoms with van der Waals surface area (Å²) >= 11 is 5.79. The van der Waals surface area contributed by atoms with Crippen LogP contribution in [0.5, 0.6) is 0 Å². The van der Waals surface area contributed by atoms with Gasteiger partial charge < -0.3 is 15.5 Å². The first kappa shape index (κ1) is 20.4. The highest BCUT2D eigenvalue weighted by Crippen LogP contribution is 2.12. The van der Waals surface area contributed by atoms with Crippen LogP contribution in [0.2, 0.25) is 5.02 Å². The van der Waals surface area contributed by atoms with Crippen molar-refractivity contribution in [1.82, 2.24) is 10.6 Å². The van der Waals surface area contributed by atoms with Crippen molar-refractivity contribution in [2.75, 3.05) is 25.5 Å². The number of benzene rings is 2. The number of anilines is 1. The van der Waals surface area contributed by atoms with Gasteiger partial charge >= 0.3 is 6.03 Å². The van der Waals surface area contributed by atoms with Crippen molar-refractivity contribution in [2.24, 2.45) is 0 Å². The van der Waals surface area contributed by atoms with E-state index in [9.17, 15) is 14.4 Å². The summed E-state index contributed by atoms with van der Waals surface area (Å²) < 4.78 is 0. The average Bonchev–Trinajstić information content (AvgIpc) is 2.62. The van der Waals surface area contributed by atoms with Gasteiger partial charge in [0.05, 0.1) is 7.05 Å². The van der Waals surface area contributed by atoms with E-state index >= 15 is 0 Å². The minimum Gasteiger partial charge on any atom is -0.334 e. The second kappa shape index (κ2) is 10.3. The molecule has 2 aromatic rings. The van der Waals surface area contributed by atoms with Gasteiger partial charge in [-0.15, -0.1) is 0 Å². The third-order valence-electron chi connectivity index (χ3n) is 3.60. The Morgan fingerprint density at radius 3 is 2.22 bits per heavy atom. The monoisotopic (exact) mass is 389 g/mol.